The molecule has 0 unspecified atom stereocenters. The quantitative estimate of drug-likeness (QED) is 0.549. The largest absolute Gasteiger partial charge is 0.493 e. The summed E-state index contributed by atoms with van der Waals surface area (Å²) in [6.07, 6.45) is 1.19. The van der Waals surface area contributed by atoms with Crippen molar-refractivity contribution >= 4 is 17.7 Å². The van der Waals surface area contributed by atoms with Gasteiger partial charge >= 0.3 is 5.69 Å². The van der Waals surface area contributed by atoms with E-state index in [1.54, 1.807) is 55.5 Å². The average molecular weight is 363 g/mol. The maximum atomic E-state index is 12.2. The van der Waals surface area contributed by atoms with Crippen molar-refractivity contribution in [1.29, 1.82) is 0 Å². The molecule has 2 N–H and O–H groups in total. The third-order valence-corrected chi connectivity index (χ3v) is 4.09. The molecule has 0 saturated carbocycles. The van der Waals surface area contributed by atoms with Crippen molar-refractivity contribution in [3.8, 4) is 11.6 Å². The molecule has 3 aromatic rings. The van der Waals surface area contributed by atoms with Gasteiger partial charge in [-0.3, -0.25) is 19.6 Å². The van der Waals surface area contributed by atoms with Gasteiger partial charge in [0.1, 0.15) is 5.56 Å². The summed E-state index contributed by atoms with van der Waals surface area (Å²) >= 11 is 0. The molecule has 0 aliphatic rings. The smallest absolute Gasteiger partial charge is 0.335 e. The van der Waals surface area contributed by atoms with E-state index in [9.17, 15) is 19.5 Å². The van der Waals surface area contributed by atoms with E-state index in [0.717, 1.165) is 10.1 Å². The lowest BCUT2D eigenvalue weighted by molar-refractivity contribution is 0.101. The molecule has 7 heteroatoms. The first kappa shape index (κ1) is 18.1. The predicted molar refractivity (Wildman–Crippen MR) is 103 cm³/mol. The van der Waals surface area contributed by atoms with E-state index in [2.05, 4.69) is 9.98 Å². The molecular formula is C20H17N3O4. The summed E-state index contributed by atoms with van der Waals surface area (Å²) in [5, 5.41) is 10.5. The number of hydrogen-bond donors (Lipinski definition) is 2. The molecule has 7 nitrogen and oxygen atoms in total. The number of benzene rings is 2. The normalized spacial score (nSPS) is 11.0. The van der Waals surface area contributed by atoms with Crippen LogP contribution in [0, 0.1) is 6.92 Å². The zero-order chi connectivity index (χ0) is 19.6. The Morgan fingerprint density at radius 3 is 2.41 bits per heavy atom. The van der Waals surface area contributed by atoms with Crippen LogP contribution >= 0.6 is 0 Å². The van der Waals surface area contributed by atoms with Gasteiger partial charge in [0.2, 0.25) is 5.88 Å². The molecule has 2 aromatic carbocycles. The Morgan fingerprint density at radius 1 is 1.11 bits per heavy atom. The number of para-hydroxylation sites is 1. The number of aryl methyl sites for hydroxylation is 1. The van der Waals surface area contributed by atoms with Crippen LogP contribution in [0.15, 0.2) is 63.1 Å². The average Bonchev–Trinajstić information content (AvgIpc) is 2.63. The number of aromatic amines is 1. The summed E-state index contributed by atoms with van der Waals surface area (Å²) in [5.41, 5.74) is 0.617. The lowest BCUT2D eigenvalue weighted by atomic mass is 10.1. The standard InChI is InChI=1S/C20H17N3O4/c1-12-5-3-4-6-17(12)23-19(26)16(18(25)22-20(23)27)11-21-15-9-7-14(8-10-15)13(2)24/h3-11,26H,1-2H3,(H,22,25,27). The third-order valence-electron chi connectivity index (χ3n) is 4.09. The van der Waals surface area contributed by atoms with Crippen LogP contribution in [0.5, 0.6) is 5.88 Å². The maximum Gasteiger partial charge on any atom is 0.335 e. The fourth-order valence-corrected chi connectivity index (χ4v) is 2.61. The minimum atomic E-state index is -0.744. The molecule has 0 saturated heterocycles. The van der Waals surface area contributed by atoms with Gasteiger partial charge in [-0.1, -0.05) is 18.2 Å². The van der Waals surface area contributed by atoms with Gasteiger partial charge in [-0.05, 0) is 49.7 Å². The first-order chi connectivity index (χ1) is 12.9. The zero-order valence-corrected chi connectivity index (χ0v) is 14.8. The van der Waals surface area contributed by atoms with Gasteiger partial charge in [0, 0.05) is 11.8 Å². The van der Waals surface area contributed by atoms with E-state index in [0.29, 0.717) is 16.9 Å². The van der Waals surface area contributed by atoms with Crippen LogP contribution < -0.4 is 11.2 Å². The van der Waals surface area contributed by atoms with Crippen LogP contribution in [0.3, 0.4) is 0 Å². The lowest BCUT2D eigenvalue weighted by Crippen LogP contribution is -2.31. The molecule has 0 aliphatic heterocycles. The Kier molecular flexibility index (Phi) is 4.85. The van der Waals surface area contributed by atoms with E-state index in [1.807, 2.05) is 0 Å². The molecule has 1 aromatic heterocycles. The zero-order valence-electron chi connectivity index (χ0n) is 14.8. The summed E-state index contributed by atoms with van der Waals surface area (Å²) in [7, 11) is 0. The van der Waals surface area contributed by atoms with Gasteiger partial charge in [-0.2, -0.15) is 0 Å². The number of hydrogen-bond acceptors (Lipinski definition) is 5. The number of H-pyrrole nitrogens is 1. The summed E-state index contributed by atoms with van der Waals surface area (Å²) < 4.78 is 1.02. The van der Waals surface area contributed by atoms with Crippen LogP contribution in [-0.4, -0.2) is 26.7 Å². The summed E-state index contributed by atoms with van der Waals surface area (Å²) in [4.78, 5) is 42.0. The van der Waals surface area contributed by atoms with Crippen LogP contribution in [0.2, 0.25) is 0 Å². The van der Waals surface area contributed by atoms with Crippen molar-refractivity contribution in [3.05, 3.63) is 86.1 Å². The number of nitrogens with one attached hydrogen (secondary N) is 1. The second kappa shape index (κ2) is 7.25. The van der Waals surface area contributed by atoms with Crippen molar-refractivity contribution in [2.45, 2.75) is 13.8 Å². The highest BCUT2D eigenvalue weighted by molar-refractivity contribution is 5.94. The molecule has 0 amide bonds. The minimum absolute atomic E-state index is 0.0649. The molecule has 136 valence electrons. The summed E-state index contributed by atoms with van der Waals surface area (Å²) in [6.45, 7) is 3.25. The number of aliphatic imine (C=N–C) groups is 1. The fraction of sp³-hybridized carbons (Fsp3) is 0.100. The molecule has 27 heavy (non-hydrogen) atoms. The maximum absolute atomic E-state index is 12.2. The Balaban J connectivity index is 2.07. The second-order valence-corrected chi connectivity index (χ2v) is 5.98. The molecule has 0 aliphatic carbocycles. The SMILES string of the molecule is CC(=O)c1ccc(N=Cc2c(O)n(-c3ccccc3C)c(=O)[nH]c2=O)cc1. The fourth-order valence-electron chi connectivity index (χ4n) is 2.61. The van der Waals surface area contributed by atoms with E-state index in [4.69, 9.17) is 0 Å². The second-order valence-electron chi connectivity index (χ2n) is 5.98. The topological polar surface area (TPSA) is 105 Å². The van der Waals surface area contributed by atoms with Gasteiger partial charge in [0.15, 0.2) is 5.78 Å². The highest BCUT2D eigenvalue weighted by Gasteiger charge is 2.15. The van der Waals surface area contributed by atoms with Crippen molar-refractivity contribution in [2.24, 2.45) is 4.99 Å². The Hall–Kier alpha value is -3.74. The van der Waals surface area contributed by atoms with E-state index < -0.39 is 17.1 Å². The Labute approximate surface area is 154 Å². The first-order valence-electron chi connectivity index (χ1n) is 8.18. The number of Topliss-reactive ketones (excluding diaryl/α,β-unsaturated/α-hetero) is 1. The van der Waals surface area contributed by atoms with Crippen molar-refractivity contribution in [3.63, 3.8) is 0 Å². The number of ketones is 1. The number of carbonyl (C=O) groups is 1. The number of aromatic hydroxyl groups is 1. The van der Waals surface area contributed by atoms with E-state index in [-0.39, 0.29) is 11.3 Å². The first-order valence-corrected chi connectivity index (χ1v) is 8.18. The summed E-state index contributed by atoms with van der Waals surface area (Å²) in [5.74, 6) is -0.563. The number of nitrogens with zero attached hydrogens (tertiary/aromatic N) is 2. The van der Waals surface area contributed by atoms with Crippen LogP contribution in [-0.2, 0) is 0 Å². The monoisotopic (exact) mass is 363 g/mol. The molecule has 0 fully saturated rings. The number of carbonyl (C=O) groups excluding carboxylic acids is 1. The van der Waals surface area contributed by atoms with Gasteiger partial charge in [-0.15, -0.1) is 0 Å². The van der Waals surface area contributed by atoms with Crippen molar-refractivity contribution in [2.75, 3.05) is 0 Å². The predicted octanol–water partition coefficient (Wildman–Crippen LogP) is 2.49. The third kappa shape index (κ3) is 3.62. The Bertz CT molecular complexity index is 1160. The number of aromatic nitrogens is 2. The summed E-state index contributed by atoms with van der Waals surface area (Å²) in [6, 6.07) is 13.5. The highest BCUT2D eigenvalue weighted by atomic mass is 16.3. The van der Waals surface area contributed by atoms with Gasteiger partial charge in [0.05, 0.1) is 11.4 Å². The molecule has 0 spiro atoms. The molecule has 1 heterocycles. The van der Waals surface area contributed by atoms with Gasteiger partial charge in [0.25, 0.3) is 5.56 Å². The van der Waals surface area contributed by atoms with E-state index in [1.165, 1.54) is 13.1 Å². The molecule has 3 rings (SSSR count). The van der Waals surface area contributed by atoms with Crippen molar-refractivity contribution in [1.82, 2.24) is 9.55 Å². The molecule has 0 bridgehead atoms. The molecule has 0 radical (unpaired) electrons. The van der Waals surface area contributed by atoms with Crippen LogP contribution in [0.4, 0.5) is 5.69 Å². The number of rotatable bonds is 4. The van der Waals surface area contributed by atoms with Gasteiger partial charge in [-0.25, -0.2) is 9.36 Å². The van der Waals surface area contributed by atoms with Crippen molar-refractivity contribution < 1.29 is 9.90 Å². The van der Waals surface area contributed by atoms with E-state index >= 15 is 0 Å². The van der Waals surface area contributed by atoms with Crippen LogP contribution in [0.25, 0.3) is 5.69 Å². The molecule has 0 atom stereocenters. The lowest BCUT2D eigenvalue weighted by Gasteiger charge is -2.11. The highest BCUT2D eigenvalue weighted by Crippen LogP contribution is 2.19. The Morgan fingerprint density at radius 2 is 1.78 bits per heavy atom. The van der Waals surface area contributed by atoms with Crippen LogP contribution in [0.1, 0.15) is 28.4 Å². The molecular weight excluding hydrogens is 346 g/mol. The minimum Gasteiger partial charge on any atom is -0.493 e. The van der Waals surface area contributed by atoms with Gasteiger partial charge < -0.3 is 5.11 Å².